The zero-order chi connectivity index (χ0) is 15.9. The van der Waals surface area contributed by atoms with E-state index in [2.05, 4.69) is 85.0 Å². The molecule has 1 heterocycles. The van der Waals surface area contributed by atoms with Crippen molar-refractivity contribution in [2.45, 2.75) is 19.9 Å². The number of aromatic nitrogens is 1. The first-order valence-corrected chi connectivity index (χ1v) is 8.63. The van der Waals surface area contributed by atoms with Crippen molar-refractivity contribution < 1.29 is 4.48 Å². The van der Waals surface area contributed by atoms with Crippen molar-refractivity contribution in [1.82, 2.24) is 4.57 Å². The van der Waals surface area contributed by atoms with Gasteiger partial charge in [-0.05, 0) is 37.3 Å². The van der Waals surface area contributed by atoms with Crippen LogP contribution in [0, 0.1) is 6.92 Å². The lowest BCUT2D eigenvalue weighted by Crippen LogP contribution is -2.35. The lowest BCUT2D eigenvalue weighted by atomic mass is 10.1. The number of hydrogen-bond acceptors (Lipinski definition) is 0. The van der Waals surface area contributed by atoms with Crippen molar-refractivity contribution in [3.8, 4) is 0 Å². The minimum Gasteiger partial charge on any atom is -0.340 e. The molecule has 0 unspecified atom stereocenters. The van der Waals surface area contributed by atoms with Gasteiger partial charge in [-0.2, -0.15) is 0 Å². The van der Waals surface area contributed by atoms with E-state index in [1.807, 2.05) is 0 Å². The van der Waals surface area contributed by atoms with Crippen molar-refractivity contribution in [2.75, 3.05) is 27.7 Å². The zero-order valence-corrected chi connectivity index (χ0v) is 15.4. The number of nitrogens with zero attached hydrogens (tertiary/aromatic N) is 2. The summed E-state index contributed by atoms with van der Waals surface area (Å²) >= 11 is 3.61. The molecule has 2 nitrogen and oxygen atoms in total. The second kappa shape index (κ2) is 5.71. The Morgan fingerprint density at radius 2 is 1.59 bits per heavy atom. The molecule has 0 saturated heterocycles. The van der Waals surface area contributed by atoms with E-state index in [-0.39, 0.29) is 0 Å². The maximum absolute atomic E-state index is 3.61. The van der Waals surface area contributed by atoms with Crippen LogP contribution in [0.3, 0.4) is 0 Å². The highest BCUT2D eigenvalue weighted by Gasteiger charge is 2.12. The van der Waals surface area contributed by atoms with Crippen molar-refractivity contribution >= 4 is 37.7 Å². The predicted octanol–water partition coefficient (Wildman–Crippen LogP) is 4.96. The maximum atomic E-state index is 3.61. The van der Waals surface area contributed by atoms with Crippen LogP contribution in [0.25, 0.3) is 21.8 Å². The van der Waals surface area contributed by atoms with E-state index in [0.717, 1.165) is 15.5 Å². The average Bonchev–Trinajstić information content (AvgIpc) is 2.71. The fourth-order valence-electron chi connectivity index (χ4n) is 3.13. The van der Waals surface area contributed by atoms with Gasteiger partial charge in [-0.3, -0.25) is 0 Å². The standard InChI is InChI=1S/C19H24BrN2/c1-14-6-8-18-16(12-14)17-13-15(20)7-9-19(17)21(18)10-5-11-22(2,3)4/h6-9,12-13H,5,10-11H2,1-4H3/q+1. The molecule has 0 atom stereocenters. The molecular weight excluding hydrogens is 336 g/mol. The molecule has 0 N–H and O–H groups in total. The van der Waals surface area contributed by atoms with E-state index >= 15 is 0 Å². The Balaban J connectivity index is 2.10. The van der Waals surface area contributed by atoms with Crippen molar-refractivity contribution in [3.05, 3.63) is 46.4 Å². The molecule has 0 amide bonds. The Bertz CT molecular complexity index is 765. The van der Waals surface area contributed by atoms with Crippen molar-refractivity contribution in [1.29, 1.82) is 0 Å². The number of benzene rings is 2. The molecule has 0 aliphatic carbocycles. The molecule has 3 rings (SSSR count). The van der Waals surface area contributed by atoms with Crippen molar-refractivity contribution in [3.63, 3.8) is 0 Å². The molecule has 0 aliphatic rings. The molecule has 0 saturated carbocycles. The summed E-state index contributed by atoms with van der Waals surface area (Å²) in [6.07, 6.45) is 1.19. The van der Waals surface area contributed by atoms with Gasteiger partial charge >= 0.3 is 0 Å². The summed E-state index contributed by atoms with van der Waals surface area (Å²) in [6.45, 7) is 4.42. The van der Waals surface area contributed by atoms with E-state index in [0.29, 0.717) is 0 Å². The van der Waals surface area contributed by atoms with Gasteiger partial charge in [-0.25, -0.2) is 0 Å². The van der Waals surface area contributed by atoms with E-state index in [1.54, 1.807) is 0 Å². The second-order valence-electron chi connectivity index (χ2n) is 7.20. The second-order valence-corrected chi connectivity index (χ2v) is 8.12. The van der Waals surface area contributed by atoms with Crippen LogP contribution in [0.1, 0.15) is 12.0 Å². The Labute approximate surface area is 141 Å². The molecule has 116 valence electrons. The molecule has 1 aromatic heterocycles. The fraction of sp³-hybridized carbons (Fsp3) is 0.368. The smallest absolute Gasteiger partial charge is 0.0797 e. The third-order valence-corrected chi connectivity index (χ3v) is 4.69. The number of halogens is 1. The molecule has 0 bridgehead atoms. The van der Waals surface area contributed by atoms with Crippen LogP contribution in [-0.2, 0) is 6.54 Å². The van der Waals surface area contributed by atoms with Gasteiger partial charge in [0.1, 0.15) is 0 Å². The lowest BCUT2D eigenvalue weighted by Gasteiger charge is -2.24. The average molecular weight is 360 g/mol. The summed E-state index contributed by atoms with van der Waals surface area (Å²) in [5.74, 6) is 0. The Kier molecular flexibility index (Phi) is 4.04. The third kappa shape index (κ3) is 3.06. The topological polar surface area (TPSA) is 4.93 Å². The van der Waals surface area contributed by atoms with Crippen molar-refractivity contribution in [2.24, 2.45) is 0 Å². The van der Waals surface area contributed by atoms with E-state index in [1.165, 1.54) is 40.3 Å². The van der Waals surface area contributed by atoms with Crippen LogP contribution >= 0.6 is 15.9 Å². The molecular formula is C19H24BrN2+. The monoisotopic (exact) mass is 359 g/mol. The van der Waals surface area contributed by atoms with E-state index in [9.17, 15) is 0 Å². The largest absolute Gasteiger partial charge is 0.340 e. The summed E-state index contributed by atoms with van der Waals surface area (Å²) < 4.78 is 4.64. The lowest BCUT2D eigenvalue weighted by molar-refractivity contribution is -0.870. The number of quaternary nitrogens is 1. The number of rotatable bonds is 4. The summed E-state index contributed by atoms with van der Waals surface area (Å²) in [4.78, 5) is 0. The highest BCUT2D eigenvalue weighted by Crippen LogP contribution is 2.32. The highest BCUT2D eigenvalue weighted by molar-refractivity contribution is 9.10. The van der Waals surface area contributed by atoms with Crippen LogP contribution < -0.4 is 0 Å². The molecule has 3 aromatic rings. The Hall–Kier alpha value is -1.32. The van der Waals surface area contributed by atoms with Gasteiger partial charge in [-0.15, -0.1) is 0 Å². The van der Waals surface area contributed by atoms with Gasteiger partial charge < -0.3 is 9.05 Å². The number of fused-ring (bicyclic) bond motifs is 3. The molecule has 2 aromatic carbocycles. The van der Waals surface area contributed by atoms with Crippen LogP contribution in [0.15, 0.2) is 40.9 Å². The molecule has 3 heteroatoms. The minimum absolute atomic E-state index is 1.02. The van der Waals surface area contributed by atoms with Gasteiger partial charge in [0.05, 0.1) is 27.7 Å². The molecule has 22 heavy (non-hydrogen) atoms. The summed E-state index contributed by atoms with van der Waals surface area (Å²) in [7, 11) is 6.77. The Morgan fingerprint density at radius 1 is 0.955 bits per heavy atom. The van der Waals surface area contributed by atoms with Gasteiger partial charge in [0.15, 0.2) is 0 Å². The molecule has 0 radical (unpaired) electrons. The van der Waals surface area contributed by atoms with Crippen LogP contribution in [0.2, 0.25) is 0 Å². The summed E-state index contributed by atoms with van der Waals surface area (Å²) in [6, 6.07) is 13.4. The molecule has 0 spiro atoms. The van der Waals surface area contributed by atoms with Gasteiger partial charge in [0, 0.05) is 39.2 Å². The van der Waals surface area contributed by atoms with Crippen LogP contribution in [0.5, 0.6) is 0 Å². The first-order chi connectivity index (χ1) is 10.3. The van der Waals surface area contributed by atoms with Gasteiger partial charge in [0.2, 0.25) is 0 Å². The first-order valence-electron chi connectivity index (χ1n) is 7.84. The quantitative estimate of drug-likeness (QED) is 0.580. The van der Waals surface area contributed by atoms with E-state index in [4.69, 9.17) is 0 Å². The van der Waals surface area contributed by atoms with Crippen LogP contribution in [-0.4, -0.2) is 36.7 Å². The normalized spacial score (nSPS) is 12.4. The number of aryl methyl sites for hydroxylation is 2. The van der Waals surface area contributed by atoms with E-state index < -0.39 is 0 Å². The molecule has 0 aliphatic heterocycles. The van der Waals surface area contributed by atoms with Crippen LogP contribution in [0.4, 0.5) is 0 Å². The van der Waals surface area contributed by atoms with Gasteiger partial charge in [-0.1, -0.05) is 27.6 Å². The maximum Gasteiger partial charge on any atom is 0.0797 e. The summed E-state index contributed by atoms with van der Waals surface area (Å²) in [5.41, 5.74) is 4.00. The summed E-state index contributed by atoms with van der Waals surface area (Å²) in [5, 5.41) is 2.71. The minimum atomic E-state index is 1.02. The third-order valence-electron chi connectivity index (χ3n) is 4.19. The predicted molar refractivity (Wildman–Crippen MR) is 99.4 cm³/mol. The molecule has 0 fully saturated rings. The number of hydrogen-bond donors (Lipinski definition) is 0. The first kappa shape index (κ1) is 15.6. The van der Waals surface area contributed by atoms with Gasteiger partial charge in [0.25, 0.3) is 0 Å². The fourth-order valence-corrected chi connectivity index (χ4v) is 3.50. The zero-order valence-electron chi connectivity index (χ0n) is 13.9. The highest BCUT2D eigenvalue weighted by atomic mass is 79.9. The SMILES string of the molecule is Cc1ccc2c(c1)c1cc(Br)ccc1n2CCC[N+](C)(C)C. The Morgan fingerprint density at radius 3 is 2.27 bits per heavy atom.